The lowest BCUT2D eigenvalue weighted by Gasteiger charge is -2.05. The van der Waals surface area contributed by atoms with Gasteiger partial charge in [-0.1, -0.05) is 6.92 Å². The Labute approximate surface area is 125 Å². The molecule has 4 N–H and O–H groups in total. The Hall–Kier alpha value is -2.35. The van der Waals surface area contributed by atoms with Crippen molar-refractivity contribution < 1.29 is 14.3 Å². The zero-order valence-corrected chi connectivity index (χ0v) is 12.5. The SMILES string of the molecule is CCOC(=O)c1cc(CC)sc1NC(=O)c1[nH]ncc1N. The molecule has 0 fully saturated rings. The number of aryl methyl sites for hydroxylation is 1. The van der Waals surface area contributed by atoms with Crippen LogP contribution < -0.4 is 11.1 Å². The molecule has 0 aromatic carbocycles. The number of hydrogen-bond acceptors (Lipinski definition) is 6. The topological polar surface area (TPSA) is 110 Å². The first-order valence-electron chi connectivity index (χ1n) is 6.46. The molecule has 0 unspecified atom stereocenters. The first kappa shape index (κ1) is 15.0. The monoisotopic (exact) mass is 308 g/mol. The molecule has 7 nitrogen and oxygen atoms in total. The number of esters is 1. The number of nitrogens with one attached hydrogen (secondary N) is 2. The Bertz CT molecular complexity index is 662. The third kappa shape index (κ3) is 3.22. The Balaban J connectivity index is 2.26. The first-order valence-corrected chi connectivity index (χ1v) is 7.28. The quantitative estimate of drug-likeness (QED) is 0.732. The first-order chi connectivity index (χ1) is 10.1. The summed E-state index contributed by atoms with van der Waals surface area (Å²) in [5.74, 6) is -0.901. The highest BCUT2D eigenvalue weighted by molar-refractivity contribution is 7.16. The van der Waals surface area contributed by atoms with E-state index in [0.29, 0.717) is 10.6 Å². The zero-order valence-electron chi connectivity index (χ0n) is 11.7. The van der Waals surface area contributed by atoms with Crippen LogP contribution in [0.3, 0.4) is 0 Å². The van der Waals surface area contributed by atoms with Gasteiger partial charge in [-0.05, 0) is 19.4 Å². The number of carbonyl (C=O) groups is 2. The van der Waals surface area contributed by atoms with E-state index in [4.69, 9.17) is 10.5 Å². The van der Waals surface area contributed by atoms with Crippen molar-refractivity contribution in [2.24, 2.45) is 0 Å². The van der Waals surface area contributed by atoms with Gasteiger partial charge >= 0.3 is 5.97 Å². The van der Waals surface area contributed by atoms with Crippen molar-refractivity contribution in [3.8, 4) is 0 Å². The maximum Gasteiger partial charge on any atom is 0.341 e. The van der Waals surface area contributed by atoms with E-state index in [-0.39, 0.29) is 18.0 Å². The molecule has 112 valence electrons. The highest BCUT2D eigenvalue weighted by Crippen LogP contribution is 2.30. The number of H-pyrrole nitrogens is 1. The van der Waals surface area contributed by atoms with E-state index in [1.165, 1.54) is 17.5 Å². The molecule has 0 aliphatic carbocycles. The summed E-state index contributed by atoms with van der Waals surface area (Å²) in [6, 6.07) is 1.73. The molecule has 1 amide bonds. The summed E-state index contributed by atoms with van der Waals surface area (Å²) in [5, 5.41) is 9.34. The smallest absolute Gasteiger partial charge is 0.341 e. The van der Waals surface area contributed by atoms with Gasteiger partial charge < -0.3 is 15.8 Å². The second kappa shape index (κ2) is 6.40. The largest absolute Gasteiger partial charge is 0.462 e. The van der Waals surface area contributed by atoms with Crippen LogP contribution in [0.15, 0.2) is 12.3 Å². The second-order valence-corrected chi connectivity index (χ2v) is 5.32. The summed E-state index contributed by atoms with van der Waals surface area (Å²) in [6.45, 7) is 3.98. The van der Waals surface area contributed by atoms with Crippen molar-refractivity contribution in [3.63, 3.8) is 0 Å². The van der Waals surface area contributed by atoms with Crippen LogP contribution in [-0.4, -0.2) is 28.7 Å². The van der Waals surface area contributed by atoms with E-state index < -0.39 is 11.9 Å². The minimum Gasteiger partial charge on any atom is -0.462 e. The molecule has 2 rings (SSSR count). The van der Waals surface area contributed by atoms with Gasteiger partial charge in [0, 0.05) is 4.88 Å². The summed E-state index contributed by atoms with van der Waals surface area (Å²) in [4.78, 5) is 25.0. The van der Waals surface area contributed by atoms with E-state index in [0.717, 1.165) is 11.3 Å². The summed E-state index contributed by atoms with van der Waals surface area (Å²) in [7, 11) is 0. The van der Waals surface area contributed by atoms with Gasteiger partial charge in [0.25, 0.3) is 5.91 Å². The average Bonchev–Trinajstić information content (AvgIpc) is 3.05. The third-order valence-electron chi connectivity index (χ3n) is 2.75. The number of thiophene rings is 1. The number of nitrogen functional groups attached to an aromatic ring is 1. The van der Waals surface area contributed by atoms with Crippen LogP contribution >= 0.6 is 11.3 Å². The standard InChI is InChI=1S/C13H16N4O3S/c1-3-7-5-8(13(19)20-4-2)12(21-7)16-11(18)10-9(14)6-15-17-10/h5-6H,3-4,14H2,1-2H3,(H,15,17)(H,16,18). The Kier molecular flexibility index (Phi) is 4.59. The molecule has 0 radical (unpaired) electrons. The molecular weight excluding hydrogens is 292 g/mol. The highest BCUT2D eigenvalue weighted by Gasteiger charge is 2.20. The fourth-order valence-corrected chi connectivity index (χ4v) is 2.69. The fourth-order valence-electron chi connectivity index (χ4n) is 1.71. The van der Waals surface area contributed by atoms with E-state index in [1.54, 1.807) is 13.0 Å². The number of rotatable bonds is 5. The van der Waals surface area contributed by atoms with E-state index in [9.17, 15) is 9.59 Å². The number of carbonyl (C=O) groups excluding carboxylic acids is 2. The second-order valence-electron chi connectivity index (χ2n) is 4.18. The van der Waals surface area contributed by atoms with Crippen LogP contribution in [0, 0.1) is 0 Å². The zero-order chi connectivity index (χ0) is 15.4. The van der Waals surface area contributed by atoms with E-state index in [1.807, 2.05) is 6.92 Å². The van der Waals surface area contributed by atoms with Crippen molar-refractivity contribution in [2.75, 3.05) is 17.7 Å². The lowest BCUT2D eigenvalue weighted by molar-refractivity contribution is 0.0528. The number of aromatic amines is 1. The lowest BCUT2D eigenvalue weighted by Crippen LogP contribution is -2.15. The van der Waals surface area contributed by atoms with Gasteiger partial charge in [0.2, 0.25) is 0 Å². The molecule has 0 spiro atoms. The van der Waals surface area contributed by atoms with Crippen LogP contribution in [0.25, 0.3) is 0 Å². The van der Waals surface area contributed by atoms with Crippen LogP contribution in [0.1, 0.15) is 39.6 Å². The lowest BCUT2D eigenvalue weighted by atomic mass is 10.2. The highest BCUT2D eigenvalue weighted by atomic mass is 32.1. The number of anilines is 2. The minimum atomic E-state index is -0.457. The Morgan fingerprint density at radius 2 is 2.24 bits per heavy atom. The van der Waals surface area contributed by atoms with E-state index in [2.05, 4.69) is 15.5 Å². The van der Waals surface area contributed by atoms with Crippen molar-refractivity contribution >= 4 is 33.9 Å². The molecule has 0 saturated heterocycles. The molecule has 0 aliphatic rings. The molecule has 0 atom stereocenters. The maximum atomic E-state index is 12.1. The Morgan fingerprint density at radius 1 is 1.48 bits per heavy atom. The average molecular weight is 308 g/mol. The molecule has 8 heteroatoms. The van der Waals surface area contributed by atoms with Gasteiger partial charge in [-0.2, -0.15) is 5.10 Å². The van der Waals surface area contributed by atoms with Crippen LogP contribution in [0.2, 0.25) is 0 Å². The van der Waals surface area contributed by atoms with Crippen molar-refractivity contribution in [1.29, 1.82) is 0 Å². The summed E-state index contributed by atoms with van der Waals surface area (Å²) < 4.78 is 4.99. The molecule has 2 heterocycles. The maximum absolute atomic E-state index is 12.1. The molecule has 0 aliphatic heterocycles. The molecule has 2 aromatic heterocycles. The molecule has 2 aromatic rings. The van der Waals surface area contributed by atoms with Crippen LogP contribution in [0.4, 0.5) is 10.7 Å². The van der Waals surface area contributed by atoms with Gasteiger partial charge in [0.15, 0.2) is 0 Å². The molecule has 21 heavy (non-hydrogen) atoms. The molecular formula is C13H16N4O3S. The van der Waals surface area contributed by atoms with Crippen molar-refractivity contribution in [3.05, 3.63) is 28.4 Å². The van der Waals surface area contributed by atoms with Crippen LogP contribution in [-0.2, 0) is 11.2 Å². The van der Waals surface area contributed by atoms with Gasteiger partial charge in [0.05, 0.1) is 24.1 Å². The van der Waals surface area contributed by atoms with Gasteiger partial charge in [-0.15, -0.1) is 11.3 Å². The van der Waals surface area contributed by atoms with Crippen molar-refractivity contribution in [2.45, 2.75) is 20.3 Å². The number of amides is 1. The third-order valence-corrected chi connectivity index (χ3v) is 3.94. The summed E-state index contributed by atoms with van der Waals surface area (Å²) >= 11 is 1.34. The number of aromatic nitrogens is 2. The minimum absolute atomic E-state index is 0.163. The molecule has 0 bridgehead atoms. The summed E-state index contributed by atoms with van der Waals surface area (Å²) in [6.07, 6.45) is 2.12. The van der Waals surface area contributed by atoms with Gasteiger partial charge in [-0.3, -0.25) is 9.89 Å². The predicted molar refractivity (Wildman–Crippen MR) is 80.6 cm³/mol. The number of hydrogen-bond donors (Lipinski definition) is 3. The number of nitrogens with two attached hydrogens (primary N) is 1. The fraction of sp³-hybridized carbons (Fsp3) is 0.308. The van der Waals surface area contributed by atoms with Gasteiger partial charge in [-0.25, -0.2) is 4.79 Å². The number of nitrogens with zero attached hydrogens (tertiary/aromatic N) is 1. The predicted octanol–water partition coefficient (Wildman–Crippen LogP) is 2.04. The molecule has 0 saturated carbocycles. The Morgan fingerprint density at radius 3 is 2.81 bits per heavy atom. The normalized spacial score (nSPS) is 10.4. The van der Waals surface area contributed by atoms with Gasteiger partial charge in [0.1, 0.15) is 10.7 Å². The van der Waals surface area contributed by atoms with Crippen LogP contribution in [0.5, 0.6) is 0 Å². The van der Waals surface area contributed by atoms with E-state index >= 15 is 0 Å². The van der Waals surface area contributed by atoms with Crippen molar-refractivity contribution in [1.82, 2.24) is 10.2 Å². The number of ether oxygens (including phenoxy) is 1. The summed E-state index contributed by atoms with van der Waals surface area (Å²) in [5.41, 5.74) is 6.39.